The monoisotopic (exact) mass is 282 g/mol. The molecule has 0 amide bonds. The molecule has 0 saturated carbocycles. The van der Waals surface area contributed by atoms with E-state index in [2.05, 4.69) is 21.3 Å². The minimum atomic E-state index is -3.55. The van der Waals surface area contributed by atoms with Crippen molar-refractivity contribution in [1.29, 1.82) is 0 Å². The molecule has 0 aliphatic heterocycles. The van der Waals surface area contributed by atoms with Gasteiger partial charge < -0.3 is 5.11 Å². The van der Waals surface area contributed by atoms with Crippen LogP contribution in [-0.2, 0) is 10.2 Å². The zero-order valence-corrected chi connectivity index (χ0v) is 11.8. The van der Waals surface area contributed by atoms with Gasteiger partial charge in [-0.1, -0.05) is 18.8 Å². The summed E-state index contributed by atoms with van der Waals surface area (Å²) in [4.78, 5) is 0. The van der Waals surface area contributed by atoms with E-state index in [9.17, 15) is 8.42 Å². The van der Waals surface area contributed by atoms with Crippen molar-refractivity contribution in [3.8, 4) is 11.8 Å². The van der Waals surface area contributed by atoms with Gasteiger partial charge in [0, 0.05) is 12.1 Å². The molecule has 0 aliphatic carbocycles. The van der Waals surface area contributed by atoms with E-state index in [0.29, 0.717) is 17.8 Å². The Kier molecular flexibility index (Phi) is 5.83. The maximum atomic E-state index is 11.7. The number of hydrogen-bond donors (Lipinski definition) is 3. The van der Waals surface area contributed by atoms with Crippen LogP contribution in [0.25, 0.3) is 0 Å². The molecule has 0 unspecified atom stereocenters. The normalized spacial score (nSPS) is 10.7. The van der Waals surface area contributed by atoms with Crippen LogP contribution in [0.15, 0.2) is 18.2 Å². The molecule has 0 aliphatic rings. The van der Waals surface area contributed by atoms with Crippen LogP contribution in [0.3, 0.4) is 0 Å². The fourth-order valence-electron chi connectivity index (χ4n) is 1.48. The summed E-state index contributed by atoms with van der Waals surface area (Å²) in [5.74, 6) is 5.28. The highest BCUT2D eigenvalue weighted by Gasteiger charge is 2.08. The summed E-state index contributed by atoms with van der Waals surface area (Å²) in [5, 5.41) is 8.65. The lowest BCUT2D eigenvalue weighted by Gasteiger charge is -2.09. The summed E-state index contributed by atoms with van der Waals surface area (Å²) in [6.07, 6.45) is 0.724. The molecule has 0 saturated heterocycles. The van der Waals surface area contributed by atoms with Gasteiger partial charge in [-0.25, -0.2) is 0 Å². The highest BCUT2D eigenvalue weighted by Crippen LogP contribution is 2.14. The van der Waals surface area contributed by atoms with E-state index in [0.717, 1.165) is 12.0 Å². The summed E-state index contributed by atoms with van der Waals surface area (Å²) >= 11 is 0. The van der Waals surface area contributed by atoms with Gasteiger partial charge in [-0.2, -0.15) is 13.1 Å². The molecular weight excluding hydrogens is 264 g/mol. The van der Waals surface area contributed by atoms with Crippen molar-refractivity contribution >= 4 is 15.9 Å². The van der Waals surface area contributed by atoms with E-state index in [1.165, 1.54) is 0 Å². The summed E-state index contributed by atoms with van der Waals surface area (Å²) < 4.78 is 28.3. The first-order valence-electron chi connectivity index (χ1n) is 5.95. The Hall–Kier alpha value is -1.55. The van der Waals surface area contributed by atoms with Crippen LogP contribution in [0.4, 0.5) is 5.69 Å². The maximum absolute atomic E-state index is 11.7. The van der Waals surface area contributed by atoms with E-state index >= 15 is 0 Å². The van der Waals surface area contributed by atoms with E-state index in [-0.39, 0.29) is 6.61 Å². The second kappa shape index (κ2) is 7.14. The lowest BCUT2D eigenvalue weighted by Crippen LogP contribution is -2.30. The Morgan fingerprint density at radius 2 is 2.05 bits per heavy atom. The molecule has 5 nitrogen and oxygen atoms in total. The molecule has 3 N–H and O–H groups in total. The van der Waals surface area contributed by atoms with E-state index in [1.54, 1.807) is 12.1 Å². The number of rotatable bonds is 5. The minimum Gasteiger partial charge on any atom is -0.384 e. The molecule has 0 spiro atoms. The molecule has 0 radical (unpaired) electrons. The van der Waals surface area contributed by atoms with Gasteiger partial charge in [-0.05, 0) is 37.1 Å². The lowest BCUT2D eigenvalue weighted by molar-refractivity contribution is 0.350. The van der Waals surface area contributed by atoms with Gasteiger partial charge in [0.2, 0.25) is 0 Å². The van der Waals surface area contributed by atoms with Crippen LogP contribution in [0.1, 0.15) is 24.5 Å². The Balaban J connectivity index is 2.92. The van der Waals surface area contributed by atoms with Gasteiger partial charge in [0.1, 0.15) is 6.61 Å². The average Bonchev–Trinajstić information content (AvgIpc) is 2.32. The minimum absolute atomic E-state index is 0.229. The topological polar surface area (TPSA) is 78.4 Å². The lowest BCUT2D eigenvalue weighted by atomic mass is 10.1. The molecule has 1 aromatic rings. The average molecular weight is 282 g/mol. The van der Waals surface area contributed by atoms with Crippen LogP contribution < -0.4 is 9.44 Å². The predicted molar refractivity (Wildman–Crippen MR) is 76.0 cm³/mol. The number of nitrogens with one attached hydrogen (secondary N) is 2. The van der Waals surface area contributed by atoms with Gasteiger partial charge >= 0.3 is 0 Å². The molecule has 0 heterocycles. The third-order valence-electron chi connectivity index (χ3n) is 2.18. The zero-order chi connectivity index (χ0) is 14.3. The number of anilines is 1. The van der Waals surface area contributed by atoms with Crippen molar-refractivity contribution in [1.82, 2.24) is 4.72 Å². The quantitative estimate of drug-likeness (QED) is 0.705. The zero-order valence-electron chi connectivity index (χ0n) is 11.0. The van der Waals surface area contributed by atoms with E-state index < -0.39 is 10.2 Å². The van der Waals surface area contributed by atoms with Crippen LogP contribution in [0, 0.1) is 18.8 Å². The van der Waals surface area contributed by atoms with Gasteiger partial charge in [-0.3, -0.25) is 4.72 Å². The van der Waals surface area contributed by atoms with Crippen molar-refractivity contribution in [2.75, 3.05) is 17.9 Å². The Morgan fingerprint density at radius 1 is 1.32 bits per heavy atom. The van der Waals surface area contributed by atoms with Crippen molar-refractivity contribution in [3.63, 3.8) is 0 Å². The van der Waals surface area contributed by atoms with Crippen molar-refractivity contribution in [2.24, 2.45) is 0 Å². The third-order valence-corrected chi connectivity index (χ3v) is 3.27. The van der Waals surface area contributed by atoms with Gasteiger partial charge in [-0.15, -0.1) is 0 Å². The third kappa shape index (κ3) is 5.75. The number of aliphatic hydroxyl groups is 1. The molecule has 19 heavy (non-hydrogen) atoms. The highest BCUT2D eigenvalue weighted by molar-refractivity contribution is 7.90. The largest absolute Gasteiger partial charge is 0.384 e. The maximum Gasteiger partial charge on any atom is 0.299 e. The molecule has 0 atom stereocenters. The Morgan fingerprint density at radius 3 is 2.68 bits per heavy atom. The summed E-state index contributed by atoms with van der Waals surface area (Å²) in [7, 11) is -3.55. The van der Waals surface area contributed by atoms with Crippen LogP contribution in [0.5, 0.6) is 0 Å². The van der Waals surface area contributed by atoms with Crippen LogP contribution in [0.2, 0.25) is 0 Å². The standard InChI is InChI=1S/C13H18N2O3S/c1-3-6-14-19(17,18)15-13-9-11(2)8-12(10-13)5-4-7-16/h8-10,14-16H,3,6-7H2,1-2H3. The highest BCUT2D eigenvalue weighted by atomic mass is 32.2. The van der Waals surface area contributed by atoms with Gasteiger partial charge in [0.25, 0.3) is 10.2 Å². The first kappa shape index (κ1) is 15.5. The smallest absolute Gasteiger partial charge is 0.299 e. The van der Waals surface area contributed by atoms with E-state index in [4.69, 9.17) is 5.11 Å². The fourth-order valence-corrected chi connectivity index (χ4v) is 2.46. The molecular formula is C13H18N2O3S. The second-order valence-corrected chi connectivity index (χ2v) is 5.55. The van der Waals surface area contributed by atoms with Crippen LogP contribution >= 0.6 is 0 Å². The molecule has 0 aromatic heterocycles. The Labute approximate surface area is 114 Å². The molecule has 6 heteroatoms. The van der Waals surface area contributed by atoms with Crippen LogP contribution in [-0.4, -0.2) is 26.7 Å². The molecule has 1 aromatic carbocycles. The molecule has 0 fully saturated rings. The number of aryl methyl sites for hydroxylation is 1. The SMILES string of the molecule is CCCNS(=O)(=O)Nc1cc(C)cc(C#CCO)c1. The molecule has 1 rings (SSSR count). The first-order chi connectivity index (χ1) is 8.96. The van der Waals surface area contributed by atoms with Crippen molar-refractivity contribution < 1.29 is 13.5 Å². The first-order valence-corrected chi connectivity index (χ1v) is 7.44. The van der Waals surface area contributed by atoms with E-state index in [1.807, 2.05) is 19.9 Å². The summed E-state index contributed by atoms with van der Waals surface area (Å²) in [5.41, 5.74) is 1.99. The summed E-state index contributed by atoms with van der Waals surface area (Å²) in [6, 6.07) is 5.16. The van der Waals surface area contributed by atoms with Gasteiger partial charge in [0.05, 0.1) is 5.69 Å². The van der Waals surface area contributed by atoms with Crippen molar-refractivity contribution in [3.05, 3.63) is 29.3 Å². The Bertz CT molecular complexity index is 586. The van der Waals surface area contributed by atoms with Crippen molar-refractivity contribution in [2.45, 2.75) is 20.3 Å². The van der Waals surface area contributed by atoms with Gasteiger partial charge in [0.15, 0.2) is 0 Å². The summed E-state index contributed by atoms with van der Waals surface area (Å²) in [6.45, 7) is 3.89. The second-order valence-electron chi connectivity index (χ2n) is 4.05. The predicted octanol–water partition coefficient (Wildman–Crippen LogP) is 0.995. The molecule has 104 valence electrons. The fraction of sp³-hybridized carbons (Fsp3) is 0.385. The molecule has 0 bridgehead atoms. The number of aliphatic hydroxyl groups excluding tert-OH is 1. The number of benzene rings is 1. The number of hydrogen-bond acceptors (Lipinski definition) is 3.